The van der Waals surface area contributed by atoms with E-state index in [1.807, 2.05) is 115 Å². The molecule has 13 nitrogen and oxygen atoms in total. The van der Waals surface area contributed by atoms with Crippen LogP contribution in [0.4, 0.5) is 0 Å². The SMILES string of the molecule is CC(C)(NC(=O)[C@@]12C[C@@H]1c1ccc(cc1)OCC1OC1N[C@]1(C[C@@H]1c1cccs1)C(=O)NC(Cc1ccc(-c3ccccc3)cc1)C(=O)NC1(C[C@@H]1Cc1ccccc1)C(=O)N2)C(=O)O. The molecule has 4 amide bonds. The summed E-state index contributed by atoms with van der Waals surface area (Å²) >= 11 is 1.57. The van der Waals surface area contributed by atoms with Gasteiger partial charge in [0, 0.05) is 23.1 Å². The maximum absolute atomic E-state index is 15.1. The Labute approximate surface area is 380 Å². The number of benzene rings is 4. The van der Waals surface area contributed by atoms with E-state index in [-0.39, 0.29) is 49.7 Å². The molecule has 2 bridgehead atoms. The van der Waals surface area contributed by atoms with Crippen molar-refractivity contribution in [1.29, 1.82) is 0 Å². The second-order valence-corrected chi connectivity index (χ2v) is 19.8. The summed E-state index contributed by atoms with van der Waals surface area (Å²) in [5, 5.41) is 27.5. The molecule has 1 aromatic heterocycles. The number of amides is 4. The van der Waals surface area contributed by atoms with Crippen LogP contribution in [0.5, 0.6) is 5.75 Å². The number of carbonyl (C=O) groups excluding carboxylic acids is 4. The normalized spacial score (nSPS) is 30.4. The Bertz CT molecular complexity index is 2630. The van der Waals surface area contributed by atoms with Gasteiger partial charge in [-0.2, -0.15) is 0 Å². The van der Waals surface area contributed by atoms with Crippen LogP contribution < -0.4 is 31.3 Å². The number of hydrogen-bond donors (Lipinski definition) is 6. The highest BCUT2D eigenvalue weighted by Gasteiger charge is 2.68. The van der Waals surface area contributed by atoms with Gasteiger partial charge < -0.3 is 35.8 Å². The van der Waals surface area contributed by atoms with Crippen LogP contribution in [0.25, 0.3) is 11.1 Å². The molecule has 3 saturated carbocycles. The third kappa shape index (κ3) is 8.30. The maximum atomic E-state index is 15.1. The quantitative estimate of drug-likeness (QED) is 0.108. The van der Waals surface area contributed by atoms with Gasteiger partial charge in [-0.25, -0.2) is 4.79 Å². The number of fused-ring (bicyclic) bond motifs is 8. The van der Waals surface area contributed by atoms with Gasteiger partial charge in [0.2, 0.25) is 23.6 Å². The van der Waals surface area contributed by atoms with E-state index in [4.69, 9.17) is 9.47 Å². The summed E-state index contributed by atoms with van der Waals surface area (Å²) in [7, 11) is 0. The molecule has 11 rings (SSSR count). The Morgan fingerprint density at radius 2 is 1.45 bits per heavy atom. The largest absolute Gasteiger partial charge is 0.491 e. The van der Waals surface area contributed by atoms with Crippen molar-refractivity contribution in [1.82, 2.24) is 26.6 Å². The Balaban J connectivity index is 1.02. The van der Waals surface area contributed by atoms with Crippen LogP contribution in [0.2, 0.25) is 0 Å². The van der Waals surface area contributed by atoms with Gasteiger partial charge in [0.05, 0.1) is 0 Å². The Hall–Kier alpha value is -6.35. The molecule has 4 unspecified atom stereocenters. The summed E-state index contributed by atoms with van der Waals surface area (Å²) in [6, 6.07) is 37.6. The number of thiophene rings is 1. The molecule has 6 aliphatic rings. The molecule has 9 atom stereocenters. The van der Waals surface area contributed by atoms with Crippen molar-refractivity contribution in [2.24, 2.45) is 5.92 Å². The number of hydrogen-bond acceptors (Lipinski definition) is 9. The van der Waals surface area contributed by atoms with Crippen LogP contribution in [0.1, 0.15) is 66.5 Å². The molecule has 4 fully saturated rings. The minimum Gasteiger partial charge on any atom is -0.491 e. The molecule has 3 aliphatic heterocycles. The van der Waals surface area contributed by atoms with Gasteiger partial charge in [0.1, 0.15) is 52.9 Å². The van der Waals surface area contributed by atoms with Crippen molar-refractivity contribution in [3.63, 3.8) is 0 Å². The van der Waals surface area contributed by atoms with Gasteiger partial charge in [-0.1, -0.05) is 103 Å². The zero-order valence-electron chi connectivity index (χ0n) is 36.0. The fourth-order valence-electron chi connectivity index (χ4n) is 9.54. The minimum absolute atomic E-state index is 0.123. The number of nitrogens with one attached hydrogen (secondary N) is 5. The Kier molecular flexibility index (Phi) is 10.7. The predicted molar refractivity (Wildman–Crippen MR) is 243 cm³/mol. The van der Waals surface area contributed by atoms with Crippen molar-refractivity contribution >= 4 is 40.9 Å². The molecule has 4 heterocycles. The number of carboxylic acid groups (broad SMARTS) is 1. The molecule has 4 aromatic carbocycles. The van der Waals surface area contributed by atoms with Gasteiger partial charge in [-0.3, -0.25) is 24.5 Å². The topological polar surface area (TPSA) is 187 Å². The molecular formula is C51H51N5O8S. The third-order valence-electron chi connectivity index (χ3n) is 13.9. The van der Waals surface area contributed by atoms with Crippen LogP contribution >= 0.6 is 11.3 Å². The number of ether oxygens (including phenoxy) is 2. The highest BCUT2D eigenvalue weighted by molar-refractivity contribution is 7.10. The van der Waals surface area contributed by atoms with Gasteiger partial charge in [0.25, 0.3) is 0 Å². The minimum atomic E-state index is -1.64. The van der Waals surface area contributed by atoms with Crippen LogP contribution in [-0.4, -0.2) is 81.8 Å². The first-order valence-corrected chi connectivity index (χ1v) is 23.1. The van der Waals surface area contributed by atoms with Crippen molar-refractivity contribution in [2.75, 3.05) is 6.61 Å². The number of epoxide rings is 1. The average molecular weight is 894 g/mol. The monoisotopic (exact) mass is 893 g/mol. The molecule has 3 aliphatic carbocycles. The van der Waals surface area contributed by atoms with Crippen LogP contribution in [0, 0.1) is 5.92 Å². The lowest BCUT2D eigenvalue weighted by molar-refractivity contribution is -0.146. The van der Waals surface area contributed by atoms with Crippen LogP contribution in [0.15, 0.2) is 127 Å². The summed E-state index contributed by atoms with van der Waals surface area (Å²) in [6.45, 7) is 2.99. The van der Waals surface area contributed by atoms with Crippen molar-refractivity contribution in [3.05, 3.63) is 148 Å². The van der Waals surface area contributed by atoms with Gasteiger partial charge in [0.15, 0.2) is 0 Å². The van der Waals surface area contributed by atoms with E-state index in [9.17, 15) is 19.5 Å². The molecular weight excluding hydrogens is 843 g/mol. The second-order valence-electron chi connectivity index (χ2n) is 18.8. The Morgan fingerprint density at radius 3 is 2.14 bits per heavy atom. The molecule has 0 radical (unpaired) electrons. The molecule has 6 N–H and O–H groups in total. The third-order valence-corrected chi connectivity index (χ3v) is 14.9. The summed E-state index contributed by atoms with van der Waals surface area (Å²) in [6.07, 6.45) is 0.741. The summed E-state index contributed by atoms with van der Waals surface area (Å²) in [5.41, 5.74) is -1.13. The number of carboxylic acids is 1. The van der Waals surface area contributed by atoms with E-state index in [0.717, 1.165) is 32.7 Å². The van der Waals surface area contributed by atoms with E-state index >= 15 is 9.59 Å². The number of rotatable bonds is 9. The first-order chi connectivity index (χ1) is 31.3. The number of carbonyl (C=O) groups is 5. The lowest BCUT2D eigenvalue weighted by Crippen LogP contribution is -2.63. The predicted octanol–water partition coefficient (Wildman–Crippen LogP) is 5.22. The average Bonchev–Trinajstić information content (AvgIpc) is 4.26. The molecule has 334 valence electrons. The lowest BCUT2D eigenvalue weighted by Gasteiger charge is -2.30. The van der Waals surface area contributed by atoms with Crippen molar-refractivity contribution in [3.8, 4) is 16.9 Å². The summed E-state index contributed by atoms with van der Waals surface area (Å²) in [5.74, 6) is -3.79. The highest BCUT2D eigenvalue weighted by Crippen LogP contribution is 2.56. The zero-order chi connectivity index (χ0) is 45.1. The van der Waals surface area contributed by atoms with Crippen molar-refractivity contribution < 1.29 is 38.6 Å². The van der Waals surface area contributed by atoms with E-state index in [2.05, 4.69) is 26.6 Å². The first-order valence-electron chi connectivity index (χ1n) is 22.2. The zero-order valence-corrected chi connectivity index (χ0v) is 36.9. The molecule has 14 heteroatoms. The summed E-state index contributed by atoms with van der Waals surface area (Å²) in [4.78, 5) is 72.7. The Morgan fingerprint density at radius 1 is 0.754 bits per heavy atom. The van der Waals surface area contributed by atoms with Crippen LogP contribution in [0.3, 0.4) is 0 Å². The summed E-state index contributed by atoms with van der Waals surface area (Å²) < 4.78 is 12.2. The highest BCUT2D eigenvalue weighted by atomic mass is 32.1. The standard InChI is InChI=1S/C51H51N5O8S/c1-48(2,47(61)62)55-46(60)50-27-37(50)34-19-21-36(22-20-34)63-29-40-43(64-40)54-51(28-38(51)41-14-9-23-65-41)44(58)52-39(25-31-15-17-33(18-16-31)32-12-7-4-8-13-32)42(57)53-49(45(59)56-50)26-35(49)24-30-10-5-3-6-11-30/h3-23,35,37-40,43,54H,24-29H2,1-2H3,(H,52,58)(H,53,57)(H,55,60)(H,56,59)(H,61,62)/t35-,37+,38+,39?,40?,43?,49?,50+,51-/m0/s1. The van der Waals surface area contributed by atoms with Gasteiger partial charge >= 0.3 is 5.97 Å². The second kappa shape index (κ2) is 16.3. The van der Waals surface area contributed by atoms with Gasteiger partial charge in [-0.05, 0) is 96.8 Å². The molecule has 1 saturated heterocycles. The molecule has 65 heavy (non-hydrogen) atoms. The van der Waals surface area contributed by atoms with E-state index in [0.29, 0.717) is 18.6 Å². The number of aliphatic carboxylic acids is 1. The smallest absolute Gasteiger partial charge is 0.328 e. The van der Waals surface area contributed by atoms with Crippen LogP contribution in [-0.2, 0) is 41.6 Å². The fraction of sp³-hybridized carbons (Fsp3) is 0.353. The van der Waals surface area contributed by atoms with E-state index in [1.54, 1.807) is 23.5 Å². The maximum Gasteiger partial charge on any atom is 0.328 e. The molecule has 2 spiro atoms. The molecule has 5 aromatic rings. The van der Waals surface area contributed by atoms with E-state index < -0.39 is 64.0 Å². The van der Waals surface area contributed by atoms with Crippen molar-refractivity contribution in [2.45, 2.75) is 98.3 Å². The van der Waals surface area contributed by atoms with Gasteiger partial charge in [-0.15, -0.1) is 11.3 Å². The fourth-order valence-corrected chi connectivity index (χ4v) is 10.5. The first kappa shape index (κ1) is 42.6. The lowest BCUT2D eigenvalue weighted by atomic mass is 9.98. The van der Waals surface area contributed by atoms with E-state index in [1.165, 1.54) is 13.8 Å².